The SMILES string of the molecule is Cc1oc2ncn(C)c(=O)c2c1C(=O)Nc1cccc(CN2CCCC2C(N)=O)c1. The molecule has 9 heteroatoms. The van der Waals surface area contributed by atoms with Gasteiger partial charge in [0.05, 0.1) is 11.6 Å². The lowest BCUT2D eigenvalue weighted by Crippen LogP contribution is -2.39. The van der Waals surface area contributed by atoms with Gasteiger partial charge in [-0.2, -0.15) is 0 Å². The molecular weight excluding hydrogens is 386 g/mol. The molecule has 156 valence electrons. The van der Waals surface area contributed by atoms with Crippen LogP contribution in [0.15, 0.2) is 39.8 Å². The van der Waals surface area contributed by atoms with Crippen LogP contribution < -0.4 is 16.6 Å². The molecule has 9 nitrogen and oxygen atoms in total. The molecule has 0 bridgehead atoms. The lowest BCUT2D eigenvalue weighted by atomic mass is 10.1. The maximum atomic E-state index is 13.0. The van der Waals surface area contributed by atoms with Gasteiger partial charge in [0.15, 0.2) is 0 Å². The predicted octanol–water partition coefficient (Wildman–Crippen LogP) is 1.54. The molecule has 1 fully saturated rings. The molecule has 3 heterocycles. The molecule has 1 aromatic carbocycles. The number of aromatic nitrogens is 2. The maximum absolute atomic E-state index is 13.0. The average Bonchev–Trinajstić information content (AvgIpc) is 3.29. The van der Waals surface area contributed by atoms with Gasteiger partial charge in [0.2, 0.25) is 11.6 Å². The van der Waals surface area contributed by atoms with E-state index in [-0.39, 0.29) is 34.2 Å². The minimum atomic E-state index is -0.440. The van der Waals surface area contributed by atoms with Crippen molar-refractivity contribution >= 4 is 28.6 Å². The number of primary amides is 1. The Labute approximate surface area is 172 Å². The van der Waals surface area contributed by atoms with Crippen LogP contribution in [0.3, 0.4) is 0 Å². The number of carbonyl (C=O) groups excluding carboxylic acids is 2. The van der Waals surface area contributed by atoms with Crippen molar-refractivity contribution in [3.63, 3.8) is 0 Å². The smallest absolute Gasteiger partial charge is 0.265 e. The number of likely N-dealkylation sites (tertiary alicyclic amines) is 1. The van der Waals surface area contributed by atoms with Crippen molar-refractivity contribution in [2.24, 2.45) is 12.8 Å². The van der Waals surface area contributed by atoms with E-state index >= 15 is 0 Å². The summed E-state index contributed by atoms with van der Waals surface area (Å²) < 4.78 is 6.81. The molecule has 1 saturated heterocycles. The van der Waals surface area contributed by atoms with Gasteiger partial charge in [-0.15, -0.1) is 0 Å². The highest BCUT2D eigenvalue weighted by Gasteiger charge is 2.29. The minimum absolute atomic E-state index is 0.140. The molecule has 0 spiro atoms. The number of hydrogen-bond acceptors (Lipinski definition) is 6. The molecule has 1 atom stereocenters. The van der Waals surface area contributed by atoms with E-state index in [1.165, 1.54) is 10.9 Å². The molecule has 4 rings (SSSR count). The first-order valence-corrected chi connectivity index (χ1v) is 9.73. The van der Waals surface area contributed by atoms with Crippen molar-refractivity contribution in [1.29, 1.82) is 0 Å². The summed E-state index contributed by atoms with van der Waals surface area (Å²) in [6, 6.07) is 7.13. The largest absolute Gasteiger partial charge is 0.442 e. The zero-order valence-electron chi connectivity index (χ0n) is 16.8. The predicted molar refractivity (Wildman–Crippen MR) is 111 cm³/mol. The van der Waals surface area contributed by atoms with Gasteiger partial charge in [0.25, 0.3) is 11.5 Å². The topological polar surface area (TPSA) is 123 Å². The summed E-state index contributed by atoms with van der Waals surface area (Å²) in [6.45, 7) is 3.00. The highest BCUT2D eigenvalue weighted by Crippen LogP contribution is 2.24. The zero-order chi connectivity index (χ0) is 21.4. The third kappa shape index (κ3) is 3.59. The van der Waals surface area contributed by atoms with Crippen LogP contribution in [0.1, 0.15) is 34.5 Å². The molecule has 0 aliphatic carbocycles. The van der Waals surface area contributed by atoms with Crippen LogP contribution in [0.4, 0.5) is 5.69 Å². The Morgan fingerprint density at radius 1 is 1.37 bits per heavy atom. The molecular formula is C21H23N5O4. The van der Waals surface area contributed by atoms with Crippen LogP contribution in [0.25, 0.3) is 11.1 Å². The van der Waals surface area contributed by atoms with Crippen molar-refractivity contribution in [3.05, 3.63) is 57.8 Å². The molecule has 0 radical (unpaired) electrons. The monoisotopic (exact) mass is 409 g/mol. The van der Waals surface area contributed by atoms with E-state index in [4.69, 9.17) is 10.2 Å². The first kappa shape index (κ1) is 19.8. The fourth-order valence-electron chi connectivity index (χ4n) is 3.97. The van der Waals surface area contributed by atoms with E-state index in [2.05, 4.69) is 10.3 Å². The molecule has 30 heavy (non-hydrogen) atoms. The lowest BCUT2D eigenvalue weighted by Gasteiger charge is -2.22. The van der Waals surface area contributed by atoms with Gasteiger partial charge in [-0.05, 0) is 44.0 Å². The molecule has 3 aromatic rings. The Balaban J connectivity index is 1.58. The Morgan fingerprint density at radius 3 is 2.93 bits per heavy atom. The van der Waals surface area contributed by atoms with Gasteiger partial charge in [0, 0.05) is 19.3 Å². The second kappa shape index (κ2) is 7.75. The van der Waals surface area contributed by atoms with Crippen LogP contribution in [-0.2, 0) is 18.4 Å². The Morgan fingerprint density at radius 2 is 2.17 bits per heavy atom. The second-order valence-corrected chi connectivity index (χ2v) is 7.56. The second-order valence-electron chi connectivity index (χ2n) is 7.56. The molecule has 2 amide bonds. The number of rotatable bonds is 5. The standard InChI is InChI=1S/C21H23N5O4/c1-12-16(17-20(30-12)23-11-25(2)21(17)29)19(28)24-14-6-3-5-13(9-14)10-26-8-4-7-15(26)18(22)27/h3,5-6,9,11,15H,4,7-8,10H2,1-2H3,(H2,22,27)(H,24,28). The Hall–Kier alpha value is -3.46. The fraction of sp³-hybridized carbons (Fsp3) is 0.333. The number of carbonyl (C=O) groups is 2. The van der Waals surface area contributed by atoms with Gasteiger partial charge >= 0.3 is 0 Å². The summed E-state index contributed by atoms with van der Waals surface area (Å²) >= 11 is 0. The van der Waals surface area contributed by atoms with Gasteiger partial charge < -0.3 is 20.0 Å². The van der Waals surface area contributed by atoms with Crippen LogP contribution in [0.5, 0.6) is 0 Å². The summed E-state index contributed by atoms with van der Waals surface area (Å²) in [5.74, 6) is -0.421. The normalized spacial score (nSPS) is 16.8. The number of amides is 2. The van der Waals surface area contributed by atoms with Gasteiger partial charge in [-0.25, -0.2) is 4.98 Å². The summed E-state index contributed by atoms with van der Waals surface area (Å²) in [5.41, 5.74) is 7.00. The van der Waals surface area contributed by atoms with Crippen molar-refractivity contribution in [2.75, 3.05) is 11.9 Å². The van der Waals surface area contributed by atoms with E-state index in [0.717, 1.165) is 24.9 Å². The van der Waals surface area contributed by atoms with E-state index < -0.39 is 5.91 Å². The van der Waals surface area contributed by atoms with Gasteiger partial charge in [-0.1, -0.05) is 12.1 Å². The van der Waals surface area contributed by atoms with Crippen LogP contribution in [0, 0.1) is 6.92 Å². The molecule has 1 unspecified atom stereocenters. The van der Waals surface area contributed by atoms with E-state index in [9.17, 15) is 14.4 Å². The molecule has 0 saturated carbocycles. The third-order valence-corrected chi connectivity index (χ3v) is 5.44. The molecule has 1 aliphatic heterocycles. The zero-order valence-corrected chi connectivity index (χ0v) is 16.8. The number of benzene rings is 1. The van der Waals surface area contributed by atoms with Gasteiger partial charge in [-0.3, -0.25) is 19.3 Å². The Kier molecular flexibility index (Phi) is 5.13. The van der Waals surface area contributed by atoms with Crippen molar-refractivity contribution in [3.8, 4) is 0 Å². The van der Waals surface area contributed by atoms with Gasteiger partial charge in [0.1, 0.15) is 17.5 Å². The number of hydrogen-bond donors (Lipinski definition) is 2. The van der Waals surface area contributed by atoms with Crippen LogP contribution in [0.2, 0.25) is 0 Å². The summed E-state index contributed by atoms with van der Waals surface area (Å²) in [6.07, 6.45) is 3.05. The number of furan rings is 1. The quantitative estimate of drug-likeness (QED) is 0.659. The summed E-state index contributed by atoms with van der Waals surface area (Å²) in [4.78, 5) is 43.2. The molecule has 2 aromatic heterocycles. The van der Waals surface area contributed by atoms with Crippen molar-refractivity contribution < 1.29 is 14.0 Å². The number of fused-ring (bicyclic) bond motifs is 1. The lowest BCUT2D eigenvalue weighted by molar-refractivity contribution is -0.122. The minimum Gasteiger partial charge on any atom is -0.442 e. The molecule has 3 N–H and O–H groups in total. The van der Waals surface area contributed by atoms with E-state index in [1.807, 2.05) is 23.1 Å². The fourth-order valence-corrected chi connectivity index (χ4v) is 3.97. The average molecular weight is 409 g/mol. The number of nitrogens with one attached hydrogen (secondary N) is 1. The first-order valence-electron chi connectivity index (χ1n) is 9.73. The Bertz CT molecular complexity index is 1200. The number of nitrogens with zero attached hydrogens (tertiary/aromatic N) is 3. The van der Waals surface area contributed by atoms with Crippen LogP contribution in [-0.4, -0.2) is 38.9 Å². The van der Waals surface area contributed by atoms with Crippen molar-refractivity contribution in [1.82, 2.24) is 14.5 Å². The maximum Gasteiger partial charge on any atom is 0.265 e. The first-order chi connectivity index (χ1) is 14.3. The number of nitrogens with two attached hydrogens (primary N) is 1. The van der Waals surface area contributed by atoms with E-state index in [0.29, 0.717) is 18.0 Å². The van der Waals surface area contributed by atoms with Crippen LogP contribution >= 0.6 is 0 Å². The van der Waals surface area contributed by atoms with Crippen molar-refractivity contribution in [2.45, 2.75) is 32.4 Å². The number of aryl methyl sites for hydroxylation is 2. The summed E-state index contributed by atoms with van der Waals surface area (Å²) in [5, 5.41) is 3.00. The van der Waals surface area contributed by atoms with E-state index in [1.54, 1.807) is 20.0 Å². The molecule has 1 aliphatic rings. The highest BCUT2D eigenvalue weighted by atomic mass is 16.3. The summed E-state index contributed by atoms with van der Waals surface area (Å²) in [7, 11) is 1.57. The third-order valence-electron chi connectivity index (χ3n) is 5.44. The highest BCUT2D eigenvalue weighted by molar-refractivity contribution is 6.12. The number of anilines is 1.